The van der Waals surface area contributed by atoms with Crippen molar-refractivity contribution in [2.75, 3.05) is 0 Å². The SMILES string of the molecule is O=C([O-])c1cccc(S(=O)(=O)NC2CC2)c1. The van der Waals surface area contributed by atoms with Crippen molar-refractivity contribution < 1.29 is 18.3 Å². The number of hydrogen-bond donors (Lipinski definition) is 1. The summed E-state index contributed by atoms with van der Waals surface area (Å²) >= 11 is 0. The van der Waals surface area contributed by atoms with Gasteiger partial charge in [0.05, 0.1) is 10.9 Å². The van der Waals surface area contributed by atoms with Crippen LogP contribution >= 0.6 is 0 Å². The van der Waals surface area contributed by atoms with E-state index in [9.17, 15) is 18.3 Å². The average Bonchev–Trinajstić information content (AvgIpc) is 3.01. The van der Waals surface area contributed by atoms with E-state index in [1.165, 1.54) is 18.2 Å². The maximum absolute atomic E-state index is 11.7. The highest BCUT2D eigenvalue weighted by Gasteiger charge is 2.27. The van der Waals surface area contributed by atoms with E-state index in [2.05, 4.69) is 4.72 Å². The van der Waals surface area contributed by atoms with Gasteiger partial charge in [0.25, 0.3) is 0 Å². The Morgan fingerprint density at radius 2 is 2.06 bits per heavy atom. The number of nitrogens with one attached hydrogen (secondary N) is 1. The van der Waals surface area contributed by atoms with Crippen LogP contribution in [0.4, 0.5) is 0 Å². The van der Waals surface area contributed by atoms with Gasteiger partial charge < -0.3 is 9.90 Å². The van der Waals surface area contributed by atoms with Crippen LogP contribution in [0.3, 0.4) is 0 Å². The molecular weight excluding hydrogens is 230 g/mol. The van der Waals surface area contributed by atoms with Crippen LogP contribution in [0.1, 0.15) is 23.2 Å². The zero-order valence-electron chi connectivity index (χ0n) is 8.34. The number of carboxylic acid groups (broad SMARTS) is 1. The summed E-state index contributed by atoms with van der Waals surface area (Å²) in [5.41, 5.74) is -0.140. The largest absolute Gasteiger partial charge is 0.545 e. The van der Waals surface area contributed by atoms with E-state index >= 15 is 0 Å². The van der Waals surface area contributed by atoms with Crippen LogP contribution in [0.5, 0.6) is 0 Å². The molecule has 0 atom stereocenters. The quantitative estimate of drug-likeness (QED) is 0.768. The Kier molecular flexibility index (Phi) is 2.69. The lowest BCUT2D eigenvalue weighted by molar-refractivity contribution is -0.255. The predicted molar refractivity (Wildman–Crippen MR) is 54.1 cm³/mol. The third kappa shape index (κ3) is 2.40. The topological polar surface area (TPSA) is 86.3 Å². The van der Waals surface area contributed by atoms with Gasteiger partial charge in [-0.3, -0.25) is 0 Å². The summed E-state index contributed by atoms with van der Waals surface area (Å²) < 4.78 is 25.9. The molecule has 0 amide bonds. The molecule has 86 valence electrons. The van der Waals surface area contributed by atoms with E-state index in [4.69, 9.17) is 0 Å². The van der Waals surface area contributed by atoms with Crippen LogP contribution in [0.25, 0.3) is 0 Å². The molecule has 6 heteroatoms. The summed E-state index contributed by atoms with van der Waals surface area (Å²) in [5, 5.41) is 10.6. The molecule has 16 heavy (non-hydrogen) atoms. The molecule has 0 bridgehead atoms. The first-order valence-corrected chi connectivity index (χ1v) is 6.31. The maximum atomic E-state index is 11.7. The molecule has 5 nitrogen and oxygen atoms in total. The van der Waals surface area contributed by atoms with Gasteiger partial charge in [-0.15, -0.1) is 0 Å². The van der Waals surface area contributed by atoms with Crippen LogP contribution in [0.2, 0.25) is 0 Å². The summed E-state index contributed by atoms with van der Waals surface area (Å²) in [6, 6.07) is 5.13. The highest BCUT2D eigenvalue weighted by atomic mass is 32.2. The number of carbonyl (C=O) groups is 1. The van der Waals surface area contributed by atoms with Crippen LogP contribution in [0.15, 0.2) is 29.2 Å². The summed E-state index contributed by atoms with van der Waals surface area (Å²) in [7, 11) is -3.59. The van der Waals surface area contributed by atoms with Gasteiger partial charge in [-0.05, 0) is 30.5 Å². The first-order chi connectivity index (χ1) is 7.49. The zero-order chi connectivity index (χ0) is 11.8. The fourth-order valence-corrected chi connectivity index (χ4v) is 2.63. The van der Waals surface area contributed by atoms with Gasteiger partial charge >= 0.3 is 0 Å². The molecule has 0 aliphatic heterocycles. The molecule has 0 radical (unpaired) electrons. The first kappa shape index (κ1) is 11.1. The number of aromatic carboxylic acids is 1. The standard InChI is InChI=1S/C10H11NO4S/c12-10(13)7-2-1-3-9(6-7)16(14,15)11-8-4-5-8/h1-3,6,8,11H,4-5H2,(H,12,13)/p-1. The normalized spacial score (nSPS) is 16.0. The minimum absolute atomic E-state index is 0.00314. The van der Waals surface area contributed by atoms with Gasteiger partial charge in [-0.1, -0.05) is 12.1 Å². The molecule has 1 aromatic carbocycles. The molecule has 0 saturated heterocycles. The van der Waals surface area contributed by atoms with Crippen molar-refractivity contribution in [1.29, 1.82) is 0 Å². The van der Waals surface area contributed by atoms with E-state index < -0.39 is 16.0 Å². The van der Waals surface area contributed by atoms with Crippen LogP contribution in [0, 0.1) is 0 Å². The Bertz CT molecular complexity index is 519. The van der Waals surface area contributed by atoms with Crippen LogP contribution in [-0.2, 0) is 10.0 Å². The van der Waals surface area contributed by atoms with E-state index in [-0.39, 0.29) is 16.5 Å². The lowest BCUT2D eigenvalue weighted by Crippen LogP contribution is -2.27. The number of carboxylic acids is 1. The Morgan fingerprint density at radius 1 is 1.38 bits per heavy atom. The summed E-state index contributed by atoms with van der Waals surface area (Å²) in [5.74, 6) is -1.39. The van der Waals surface area contributed by atoms with Gasteiger partial charge in [0.1, 0.15) is 0 Å². The van der Waals surface area contributed by atoms with Crippen molar-refractivity contribution in [1.82, 2.24) is 4.72 Å². The third-order valence-corrected chi connectivity index (χ3v) is 3.80. The van der Waals surface area contributed by atoms with Gasteiger partial charge in [0, 0.05) is 6.04 Å². The second kappa shape index (κ2) is 3.88. The smallest absolute Gasteiger partial charge is 0.240 e. The van der Waals surface area contributed by atoms with Gasteiger partial charge in [0.15, 0.2) is 0 Å². The molecule has 1 aliphatic carbocycles. The third-order valence-electron chi connectivity index (χ3n) is 2.28. The number of hydrogen-bond acceptors (Lipinski definition) is 4. The highest BCUT2D eigenvalue weighted by molar-refractivity contribution is 7.89. The van der Waals surface area contributed by atoms with Crippen molar-refractivity contribution in [2.24, 2.45) is 0 Å². The Balaban J connectivity index is 2.31. The van der Waals surface area contributed by atoms with E-state index in [0.717, 1.165) is 18.9 Å². The maximum Gasteiger partial charge on any atom is 0.240 e. The zero-order valence-corrected chi connectivity index (χ0v) is 9.16. The summed E-state index contributed by atoms with van der Waals surface area (Å²) in [6.07, 6.45) is 1.67. The predicted octanol–water partition coefficient (Wildman–Crippen LogP) is -0.509. The molecule has 1 aromatic rings. The van der Waals surface area contributed by atoms with Crippen LogP contribution in [-0.4, -0.2) is 20.4 Å². The first-order valence-electron chi connectivity index (χ1n) is 4.83. The molecule has 0 heterocycles. The van der Waals surface area contributed by atoms with Crippen LogP contribution < -0.4 is 9.83 Å². The summed E-state index contributed by atoms with van der Waals surface area (Å²) in [6.45, 7) is 0. The molecule has 1 aliphatic rings. The van der Waals surface area contributed by atoms with Gasteiger partial charge in [-0.2, -0.15) is 0 Å². The van der Waals surface area contributed by atoms with Crippen molar-refractivity contribution in [3.05, 3.63) is 29.8 Å². The van der Waals surface area contributed by atoms with Crippen molar-refractivity contribution in [3.8, 4) is 0 Å². The monoisotopic (exact) mass is 240 g/mol. The second-order valence-electron chi connectivity index (χ2n) is 3.71. The fraction of sp³-hybridized carbons (Fsp3) is 0.300. The molecule has 0 spiro atoms. The Hall–Kier alpha value is -1.40. The van der Waals surface area contributed by atoms with E-state index in [1.54, 1.807) is 0 Å². The fourth-order valence-electron chi connectivity index (χ4n) is 1.28. The van der Waals surface area contributed by atoms with Gasteiger partial charge in [0.2, 0.25) is 10.0 Å². The minimum Gasteiger partial charge on any atom is -0.545 e. The van der Waals surface area contributed by atoms with Crippen molar-refractivity contribution in [3.63, 3.8) is 0 Å². The number of sulfonamides is 1. The van der Waals surface area contributed by atoms with Gasteiger partial charge in [-0.25, -0.2) is 13.1 Å². The summed E-state index contributed by atoms with van der Waals surface area (Å²) in [4.78, 5) is 10.5. The lowest BCUT2D eigenvalue weighted by Gasteiger charge is -2.07. The molecule has 1 saturated carbocycles. The van der Waals surface area contributed by atoms with E-state index in [1.807, 2.05) is 0 Å². The Morgan fingerprint density at radius 3 is 2.62 bits per heavy atom. The molecule has 1 fully saturated rings. The number of rotatable bonds is 4. The van der Waals surface area contributed by atoms with Crippen molar-refractivity contribution >= 4 is 16.0 Å². The van der Waals surface area contributed by atoms with E-state index in [0.29, 0.717) is 0 Å². The average molecular weight is 240 g/mol. The number of benzene rings is 1. The molecule has 0 aromatic heterocycles. The molecule has 0 unspecified atom stereocenters. The highest BCUT2D eigenvalue weighted by Crippen LogP contribution is 2.22. The molecular formula is C10H10NO4S-. The second-order valence-corrected chi connectivity index (χ2v) is 5.42. The number of carbonyl (C=O) groups excluding carboxylic acids is 1. The molecule has 2 rings (SSSR count). The lowest BCUT2D eigenvalue weighted by atomic mass is 10.2. The van der Waals surface area contributed by atoms with Crippen molar-refractivity contribution in [2.45, 2.75) is 23.8 Å². The minimum atomic E-state index is -3.59. The molecule has 1 N–H and O–H groups in total. The Labute approximate surface area is 93.2 Å².